The van der Waals surface area contributed by atoms with E-state index in [0.29, 0.717) is 0 Å². The number of carboxylic acids is 1. The number of sulfonamides is 1. The quantitative estimate of drug-likeness (QED) is 0.847. The van der Waals surface area contributed by atoms with Gasteiger partial charge in [-0.15, -0.1) is 0 Å². The standard InChI is InChI=1S/C12H17NO4S/c1-3-10-4-6-11(7-5-10)18(16,17)13(2)9-8-12(14)15/h4-7H,3,8-9H2,1-2H3,(H,14,15). The average molecular weight is 271 g/mol. The van der Waals surface area contributed by atoms with Gasteiger partial charge >= 0.3 is 5.97 Å². The average Bonchev–Trinajstić information content (AvgIpc) is 2.35. The Kier molecular flexibility index (Phi) is 4.86. The van der Waals surface area contributed by atoms with Crippen LogP contribution >= 0.6 is 0 Å². The van der Waals surface area contributed by atoms with Crippen LogP contribution in [0.2, 0.25) is 0 Å². The maximum Gasteiger partial charge on any atom is 0.304 e. The van der Waals surface area contributed by atoms with Crippen LogP contribution in [0.5, 0.6) is 0 Å². The van der Waals surface area contributed by atoms with Gasteiger partial charge in [0.25, 0.3) is 0 Å². The molecule has 18 heavy (non-hydrogen) atoms. The molecule has 0 radical (unpaired) electrons. The van der Waals surface area contributed by atoms with E-state index in [-0.39, 0.29) is 17.9 Å². The Morgan fingerprint density at radius 2 is 1.83 bits per heavy atom. The van der Waals surface area contributed by atoms with Gasteiger partial charge in [0.1, 0.15) is 0 Å². The molecule has 0 atom stereocenters. The van der Waals surface area contributed by atoms with Gasteiger partial charge < -0.3 is 5.11 Å². The zero-order valence-corrected chi connectivity index (χ0v) is 11.3. The number of nitrogens with zero attached hydrogens (tertiary/aromatic N) is 1. The van der Waals surface area contributed by atoms with Crippen LogP contribution in [0.15, 0.2) is 29.2 Å². The predicted molar refractivity (Wildman–Crippen MR) is 67.9 cm³/mol. The molecule has 100 valence electrons. The van der Waals surface area contributed by atoms with E-state index in [0.717, 1.165) is 16.3 Å². The summed E-state index contributed by atoms with van der Waals surface area (Å²) in [5.74, 6) is -1.02. The van der Waals surface area contributed by atoms with Crippen molar-refractivity contribution >= 4 is 16.0 Å². The van der Waals surface area contributed by atoms with Crippen LogP contribution in [0.4, 0.5) is 0 Å². The first-order valence-electron chi connectivity index (χ1n) is 5.65. The summed E-state index contributed by atoms with van der Waals surface area (Å²) < 4.78 is 25.2. The Labute approximate surface area is 107 Å². The van der Waals surface area contributed by atoms with Crippen molar-refractivity contribution in [3.8, 4) is 0 Å². The summed E-state index contributed by atoms with van der Waals surface area (Å²) in [6.45, 7) is 1.95. The molecule has 0 spiro atoms. The zero-order valence-electron chi connectivity index (χ0n) is 10.5. The van der Waals surface area contributed by atoms with Crippen molar-refractivity contribution in [3.05, 3.63) is 29.8 Å². The maximum atomic E-state index is 12.1. The normalized spacial score (nSPS) is 11.7. The first kappa shape index (κ1) is 14.7. The molecule has 1 rings (SSSR count). The first-order chi connectivity index (χ1) is 8.37. The molecule has 0 saturated carbocycles. The van der Waals surface area contributed by atoms with Crippen molar-refractivity contribution in [3.63, 3.8) is 0 Å². The van der Waals surface area contributed by atoms with Crippen LogP contribution in [0.25, 0.3) is 0 Å². The lowest BCUT2D eigenvalue weighted by molar-refractivity contribution is -0.137. The zero-order chi connectivity index (χ0) is 13.8. The minimum Gasteiger partial charge on any atom is -0.481 e. The minimum absolute atomic E-state index is 0.0345. The van der Waals surface area contributed by atoms with E-state index in [9.17, 15) is 13.2 Å². The van der Waals surface area contributed by atoms with Gasteiger partial charge in [0, 0.05) is 13.6 Å². The second-order valence-electron chi connectivity index (χ2n) is 3.97. The number of aliphatic carboxylic acids is 1. The molecule has 0 saturated heterocycles. The Morgan fingerprint density at radius 1 is 1.28 bits per heavy atom. The van der Waals surface area contributed by atoms with E-state index in [2.05, 4.69) is 0 Å². The summed E-state index contributed by atoms with van der Waals surface area (Å²) in [5.41, 5.74) is 1.06. The van der Waals surface area contributed by atoms with Crippen molar-refractivity contribution in [1.29, 1.82) is 0 Å². The Hall–Kier alpha value is -1.40. The SMILES string of the molecule is CCc1ccc(S(=O)(=O)N(C)CCC(=O)O)cc1. The largest absolute Gasteiger partial charge is 0.481 e. The molecule has 0 bridgehead atoms. The van der Waals surface area contributed by atoms with Gasteiger partial charge in [-0.3, -0.25) is 4.79 Å². The number of benzene rings is 1. The fourth-order valence-corrected chi connectivity index (χ4v) is 2.62. The molecule has 1 aromatic carbocycles. The number of carbonyl (C=O) groups is 1. The van der Waals surface area contributed by atoms with Crippen LogP contribution in [0.1, 0.15) is 18.9 Å². The van der Waals surface area contributed by atoms with Crippen LogP contribution in [0.3, 0.4) is 0 Å². The number of aryl methyl sites for hydroxylation is 1. The predicted octanol–water partition coefficient (Wildman–Crippen LogP) is 1.34. The smallest absolute Gasteiger partial charge is 0.304 e. The molecule has 0 fully saturated rings. The third-order valence-electron chi connectivity index (χ3n) is 2.68. The molecule has 0 aliphatic carbocycles. The lowest BCUT2D eigenvalue weighted by atomic mass is 10.2. The highest BCUT2D eigenvalue weighted by Crippen LogP contribution is 2.15. The molecule has 1 N–H and O–H groups in total. The lowest BCUT2D eigenvalue weighted by Gasteiger charge is -2.16. The minimum atomic E-state index is -3.59. The Morgan fingerprint density at radius 3 is 2.28 bits per heavy atom. The molecule has 0 aliphatic heterocycles. The molecule has 0 amide bonds. The monoisotopic (exact) mass is 271 g/mol. The van der Waals surface area contributed by atoms with Gasteiger partial charge in [0.2, 0.25) is 10.0 Å². The highest BCUT2D eigenvalue weighted by molar-refractivity contribution is 7.89. The van der Waals surface area contributed by atoms with E-state index >= 15 is 0 Å². The van der Waals surface area contributed by atoms with Crippen LogP contribution < -0.4 is 0 Å². The molecular weight excluding hydrogens is 254 g/mol. The first-order valence-corrected chi connectivity index (χ1v) is 7.09. The second-order valence-corrected chi connectivity index (χ2v) is 6.01. The Balaban J connectivity index is 2.87. The van der Waals surface area contributed by atoms with Gasteiger partial charge in [-0.1, -0.05) is 19.1 Å². The number of hydrogen-bond donors (Lipinski definition) is 1. The van der Waals surface area contributed by atoms with Crippen LogP contribution in [0, 0.1) is 0 Å². The highest BCUT2D eigenvalue weighted by atomic mass is 32.2. The van der Waals surface area contributed by atoms with Gasteiger partial charge in [-0.2, -0.15) is 0 Å². The fourth-order valence-electron chi connectivity index (χ4n) is 1.45. The highest BCUT2D eigenvalue weighted by Gasteiger charge is 2.20. The molecular formula is C12H17NO4S. The fraction of sp³-hybridized carbons (Fsp3) is 0.417. The molecule has 0 unspecified atom stereocenters. The van der Waals surface area contributed by atoms with E-state index in [1.54, 1.807) is 24.3 Å². The summed E-state index contributed by atoms with van der Waals surface area (Å²) in [5, 5.41) is 8.55. The third kappa shape index (κ3) is 3.54. The summed E-state index contributed by atoms with van der Waals surface area (Å²) in [6.07, 6.45) is 0.637. The summed E-state index contributed by atoms with van der Waals surface area (Å²) in [6, 6.07) is 6.62. The van der Waals surface area contributed by atoms with Crippen molar-refractivity contribution in [2.75, 3.05) is 13.6 Å². The summed E-state index contributed by atoms with van der Waals surface area (Å²) >= 11 is 0. The number of hydrogen-bond acceptors (Lipinski definition) is 3. The van der Waals surface area contributed by atoms with Crippen LogP contribution in [-0.2, 0) is 21.2 Å². The van der Waals surface area contributed by atoms with Gasteiger partial charge in [-0.05, 0) is 24.1 Å². The van der Waals surface area contributed by atoms with Gasteiger partial charge in [0.05, 0.1) is 11.3 Å². The van der Waals surface area contributed by atoms with E-state index in [1.165, 1.54) is 7.05 Å². The Bertz CT molecular complexity index is 507. The summed E-state index contributed by atoms with van der Waals surface area (Å²) in [4.78, 5) is 10.6. The van der Waals surface area contributed by atoms with Crippen molar-refractivity contribution in [2.24, 2.45) is 0 Å². The van der Waals surface area contributed by atoms with Gasteiger partial charge in [0.15, 0.2) is 0 Å². The van der Waals surface area contributed by atoms with Gasteiger partial charge in [-0.25, -0.2) is 12.7 Å². The van der Waals surface area contributed by atoms with E-state index < -0.39 is 16.0 Å². The van der Waals surface area contributed by atoms with E-state index in [4.69, 9.17) is 5.11 Å². The molecule has 5 nitrogen and oxygen atoms in total. The molecule has 6 heteroatoms. The third-order valence-corrected chi connectivity index (χ3v) is 4.55. The van der Waals surface area contributed by atoms with Crippen molar-refractivity contribution in [2.45, 2.75) is 24.7 Å². The van der Waals surface area contributed by atoms with Crippen molar-refractivity contribution < 1.29 is 18.3 Å². The second kappa shape index (κ2) is 5.97. The maximum absolute atomic E-state index is 12.1. The van der Waals surface area contributed by atoms with Crippen LogP contribution in [-0.4, -0.2) is 37.4 Å². The number of carboxylic acid groups (broad SMARTS) is 1. The topological polar surface area (TPSA) is 74.7 Å². The van der Waals surface area contributed by atoms with Crippen molar-refractivity contribution in [1.82, 2.24) is 4.31 Å². The number of rotatable bonds is 6. The molecule has 1 aromatic rings. The molecule has 0 heterocycles. The van der Waals surface area contributed by atoms with E-state index in [1.807, 2.05) is 6.92 Å². The molecule has 0 aliphatic rings. The lowest BCUT2D eigenvalue weighted by Crippen LogP contribution is -2.29. The molecule has 0 aromatic heterocycles. The summed E-state index contributed by atoms with van der Waals surface area (Å²) in [7, 11) is -2.21.